The standard InChI is InChI=1S/C9H18N2.2C2H6/c1-10-8-9(4-2-5-9)11-6-3-7-11;2*1-2/h10H,2-8H2,1H3;2*1-2H3. The molecule has 0 aromatic rings. The topological polar surface area (TPSA) is 15.3 Å². The Hall–Kier alpha value is -0.0800. The van der Waals surface area contributed by atoms with Gasteiger partial charge in [-0.05, 0) is 45.8 Å². The number of hydrogen-bond acceptors (Lipinski definition) is 2. The van der Waals surface area contributed by atoms with E-state index in [9.17, 15) is 0 Å². The Balaban J connectivity index is 0.000000442. The van der Waals surface area contributed by atoms with E-state index in [1.54, 1.807) is 0 Å². The number of nitrogens with zero attached hydrogens (tertiary/aromatic N) is 1. The van der Waals surface area contributed by atoms with Gasteiger partial charge in [0.2, 0.25) is 0 Å². The number of hydrogen-bond donors (Lipinski definition) is 1. The number of likely N-dealkylation sites (N-methyl/N-ethyl adjacent to an activating group) is 1. The van der Waals surface area contributed by atoms with Gasteiger partial charge < -0.3 is 5.32 Å². The lowest BCUT2D eigenvalue weighted by Crippen LogP contribution is -2.63. The van der Waals surface area contributed by atoms with Crippen molar-refractivity contribution >= 4 is 0 Å². The van der Waals surface area contributed by atoms with Crippen molar-refractivity contribution < 1.29 is 0 Å². The van der Waals surface area contributed by atoms with Gasteiger partial charge in [0.25, 0.3) is 0 Å². The van der Waals surface area contributed by atoms with Crippen LogP contribution in [-0.4, -0.2) is 37.1 Å². The van der Waals surface area contributed by atoms with Gasteiger partial charge in [-0.15, -0.1) is 0 Å². The first-order valence-corrected chi connectivity index (χ1v) is 6.77. The Bertz CT molecular complexity index is 137. The molecule has 0 amide bonds. The maximum Gasteiger partial charge on any atom is 0.0333 e. The maximum absolute atomic E-state index is 3.32. The predicted molar refractivity (Wildman–Crippen MR) is 69.4 cm³/mol. The number of likely N-dealkylation sites (tertiary alicyclic amines) is 1. The van der Waals surface area contributed by atoms with Crippen LogP contribution in [0, 0.1) is 0 Å². The van der Waals surface area contributed by atoms with Crippen LogP contribution >= 0.6 is 0 Å². The molecule has 0 aromatic carbocycles. The predicted octanol–water partition coefficient (Wildman–Crippen LogP) is 2.89. The summed E-state index contributed by atoms with van der Waals surface area (Å²) in [6.45, 7) is 11.9. The molecule has 15 heavy (non-hydrogen) atoms. The van der Waals surface area contributed by atoms with Gasteiger partial charge in [0.1, 0.15) is 0 Å². The quantitative estimate of drug-likeness (QED) is 0.777. The molecule has 1 aliphatic heterocycles. The van der Waals surface area contributed by atoms with Crippen molar-refractivity contribution in [3.8, 4) is 0 Å². The third kappa shape index (κ3) is 3.46. The van der Waals surface area contributed by atoms with E-state index in [1.165, 1.54) is 45.3 Å². The van der Waals surface area contributed by atoms with Crippen molar-refractivity contribution in [1.82, 2.24) is 10.2 Å². The van der Waals surface area contributed by atoms with Gasteiger partial charge in [-0.25, -0.2) is 0 Å². The molecule has 2 nitrogen and oxygen atoms in total. The zero-order chi connectivity index (χ0) is 11.7. The van der Waals surface area contributed by atoms with Gasteiger partial charge in [-0.1, -0.05) is 27.7 Å². The van der Waals surface area contributed by atoms with Crippen LogP contribution in [0.2, 0.25) is 0 Å². The maximum atomic E-state index is 3.32. The van der Waals surface area contributed by atoms with E-state index in [4.69, 9.17) is 0 Å². The highest BCUT2D eigenvalue weighted by molar-refractivity contribution is 5.01. The van der Waals surface area contributed by atoms with Crippen molar-refractivity contribution in [3.05, 3.63) is 0 Å². The second-order valence-electron chi connectivity index (χ2n) is 3.95. The molecule has 1 N–H and O–H groups in total. The van der Waals surface area contributed by atoms with Crippen LogP contribution in [0.4, 0.5) is 0 Å². The van der Waals surface area contributed by atoms with E-state index in [-0.39, 0.29) is 0 Å². The molecular formula is C13H30N2. The molecule has 1 saturated carbocycles. The van der Waals surface area contributed by atoms with Gasteiger partial charge in [0.05, 0.1) is 0 Å². The van der Waals surface area contributed by atoms with Crippen LogP contribution in [-0.2, 0) is 0 Å². The highest BCUT2D eigenvalue weighted by Gasteiger charge is 2.43. The summed E-state index contributed by atoms with van der Waals surface area (Å²) in [4.78, 5) is 2.66. The lowest BCUT2D eigenvalue weighted by Gasteiger charge is -2.54. The second kappa shape index (κ2) is 8.12. The molecule has 1 saturated heterocycles. The largest absolute Gasteiger partial charge is 0.318 e. The van der Waals surface area contributed by atoms with Crippen LogP contribution in [0.25, 0.3) is 0 Å². The fraction of sp³-hybridized carbons (Fsp3) is 1.00. The zero-order valence-corrected chi connectivity index (χ0v) is 11.4. The fourth-order valence-corrected chi connectivity index (χ4v) is 2.31. The van der Waals surface area contributed by atoms with Crippen LogP contribution in [0.1, 0.15) is 53.4 Å². The average Bonchev–Trinajstić information content (AvgIpc) is 2.18. The van der Waals surface area contributed by atoms with Crippen molar-refractivity contribution in [2.75, 3.05) is 26.7 Å². The van der Waals surface area contributed by atoms with Crippen molar-refractivity contribution in [2.45, 2.75) is 58.9 Å². The van der Waals surface area contributed by atoms with Crippen LogP contribution in [0.15, 0.2) is 0 Å². The second-order valence-corrected chi connectivity index (χ2v) is 3.95. The lowest BCUT2D eigenvalue weighted by molar-refractivity contribution is -0.0257. The molecule has 2 heteroatoms. The Morgan fingerprint density at radius 1 is 1.00 bits per heavy atom. The molecule has 1 aliphatic carbocycles. The monoisotopic (exact) mass is 214 g/mol. The van der Waals surface area contributed by atoms with Gasteiger partial charge in [-0.2, -0.15) is 0 Å². The van der Waals surface area contributed by atoms with Crippen LogP contribution in [0.5, 0.6) is 0 Å². The van der Waals surface area contributed by atoms with E-state index in [1.807, 2.05) is 27.7 Å². The first-order chi connectivity index (χ1) is 7.37. The zero-order valence-electron chi connectivity index (χ0n) is 11.4. The molecule has 0 aromatic heterocycles. The highest BCUT2D eigenvalue weighted by Crippen LogP contribution is 2.39. The molecule has 2 aliphatic rings. The SMILES string of the molecule is CC.CC.CNCC1(N2CCC2)CCC1. The van der Waals surface area contributed by atoms with Gasteiger partial charge in [-0.3, -0.25) is 4.90 Å². The van der Waals surface area contributed by atoms with Crippen molar-refractivity contribution in [3.63, 3.8) is 0 Å². The molecule has 0 bridgehead atoms. The van der Waals surface area contributed by atoms with Gasteiger partial charge in [0, 0.05) is 12.1 Å². The Labute approximate surface area is 96.4 Å². The smallest absolute Gasteiger partial charge is 0.0333 e. The van der Waals surface area contributed by atoms with E-state index in [0.717, 1.165) is 0 Å². The van der Waals surface area contributed by atoms with Crippen molar-refractivity contribution in [2.24, 2.45) is 0 Å². The minimum absolute atomic E-state index is 0.590. The van der Waals surface area contributed by atoms with Gasteiger partial charge >= 0.3 is 0 Å². The molecule has 1 heterocycles. The van der Waals surface area contributed by atoms with Gasteiger partial charge in [0.15, 0.2) is 0 Å². The molecule has 0 unspecified atom stereocenters. The Kier molecular flexibility index (Phi) is 8.07. The van der Waals surface area contributed by atoms with Crippen LogP contribution in [0.3, 0.4) is 0 Å². The molecule has 0 radical (unpaired) electrons. The van der Waals surface area contributed by atoms with Crippen molar-refractivity contribution in [1.29, 1.82) is 0 Å². The molecule has 92 valence electrons. The summed E-state index contributed by atoms with van der Waals surface area (Å²) in [6, 6.07) is 0. The molecule has 2 rings (SSSR count). The van der Waals surface area contributed by atoms with Crippen LogP contribution < -0.4 is 5.32 Å². The van der Waals surface area contributed by atoms with E-state index in [0.29, 0.717) is 5.54 Å². The molecule has 0 atom stereocenters. The summed E-state index contributed by atoms with van der Waals surface area (Å²) >= 11 is 0. The molecule has 2 fully saturated rings. The summed E-state index contributed by atoms with van der Waals surface area (Å²) in [7, 11) is 2.07. The van der Waals surface area contributed by atoms with E-state index in [2.05, 4.69) is 17.3 Å². The third-order valence-corrected chi connectivity index (χ3v) is 3.32. The lowest BCUT2D eigenvalue weighted by atomic mass is 9.74. The first kappa shape index (κ1) is 14.9. The Morgan fingerprint density at radius 3 is 1.73 bits per heavy atom. The summed E-state index contributed by atoms with van der Waals surface area (Å²) < 4.78 is 0. The summed E-state index contributed by atoms with van der Waals surface area (Å²) in [5.41, 5.74) is 0.590. The molecular weight excluding hydrogens is 184 g/mol. The Morgan fingerprint density at radius 2 is 1.53 bits per heavy atom. The summed E-state index contributed by atoms with van der Waals surface area (Å²) in [6.07, 6.45) is 5.71. The first-order valence-electron chi connectivity index (χ1n) is 6.77. The summed E-state index contributed by atoms with van der Waals surface area (Å²) in [5.74, 6) is 0. The minimum atomic E-state index is 0.590. The summed E-state index contributed by atoms with van der Waals surface area (Å²) in [5, 5.41) is 3.32. The fourth-order valence-electron chi connectivity index (χ4n) is 2.31. The third-order valence-electron chi connectivity index (χ3n) is 3.32. The number of rotatable bonds is 3. The molecule has 0 spiro atoms. The minimum Gasteiger partial charge on any atom is -0.318 e. The number of nitrogens with one attached hydrogen (secondary N) is 1. The normalized spacial score (nSPS) is 22.2. The van der Waals surface area contributed by atoms with E-state index >= 15 is 0 Å². The average molecular weight is 214 g/mol. The van der Waals surface area contributed by atoms with E-state index < -0.39 is 0 Å². The highest BCUT2D eigenvalue weighted by atomic mass is 15.3.